The quantitative estimate of drug-likeness (QED) is 0.288. The van der Waals surface area contributed by atoms with Gasteiger partial charge >= 0.3 is 0 Å². The number of hydrogen-bond acceptors (Lipinski definition) is 8. The summed E-state index contributed by atoms with van der Waals surface area (Å²) in [6, 6.07) is 3.31. The molecule has 1 saturated heterocycles. The van der Waals surface area contributed by atoms with Crippen LogP contribution in [0, 0.1) is 5.82 Å². The molecule has 2 aliphatic rings. The summed E-state index contributed by atoms with van der Waals surface area (Å²) in [4.78, 5) is 9.93. The number of hydrazone groups is 1. The van der Waals surface area contributed by atoms with Crippen LogP contribution in [0.2, 0.25) is 5.02 Å². The number of phenols is 1. The number of halogens is 3. The molecular weight excluding hydrogens is 482 g/mol. The standard InChI is InChI=1S/C23H23Cl2FN6O2/c1-14-3-2-4-16(24)10-20(14)29-17-9-15(21(33)18(25)11-17)12-28-31-23-27-13-19(26)22(30-23)32-5-7-34-8-6-32/h2-4,9,11-13,29,33H,5-8,10H2,1H3,(H,27,30,31)/b28-12-. The van der Waals surface area contributed by atoms with Crippen LogP contribution < -0.4 is 15.6 Å². The normalized spacial score (nSPS) is 16.6. The summed E-state index contributed by atoms with van der Waals surface area (Å²) in [6.45, 7) is 4.06. The van der Waals surface area contributed by atoms with Crippen LogP contribution in [-0.2, 0) is 4.74 Å². The maximum atomic E-state index is 14.2. The van der Waals surface area contributed by atoms with E-state index in [1.807, 2.05) is 25.2 Å². The fourth-order valence-corrected chi connectivity index (χ4v) is 3.87. The van der Waals surface area contributed by atoms with Crippen molar-refractivity contribution in [1.82, 2.24) is 9.97 Å². The van der Waals surface area contributed by atoms with Crippen molar-refractivity contribution in [1.29, 1.82) is 0 Å². The second-order valence-electron chi connectivity index (χ2n) is 7.67. The molecule has 34 heavy (non-hydrogen) atoms. The van der Waals surface area contributed by atoms with Crippen LogP contribution in [0.25, 0.3) is 0 Å². The highest BCUT2D eigenvalue weighted by atomic mass is 35.5. The van der Waals surface area contributed by atoms with E-state index in [4.69, 9.17) is 27.9 Å². The van der Waals surface area contributed by atoms with E-state index < -0.39 is 5.82 Å². The van der Waals surface area contributed by atoms with Gasteiger partial charge in [0, 0.05) is 41.5 Å². The number of rotatable bonds is 6. The number of phenolic OH excluding ortho intramolecular Hbond substituents is 1. The lowest BCUT2D eigenvalue weighted by molar-refractivity contribution is 0.122. The summed E-state index contributed by atoms with van der Waals surface area (Å²) < 4.78 is 19.5. The topological polar surface area (TPSA) is 94.9 Å². The smallest absolute Gasteiger partial charge is 0.245 e. The van der Waals surface area contributed by atoms with Crippen LogP contribution in [-0.4, -0.2) is 47.6 Å². The van der Waals surface area contributed by atoms with Gasteiger partial charge in [0.2, 0.25) is 5.95 Å². The first-order valence-corrected chi connectivity index (χ1v) is 11.3. The van der Waals surface area contributed by atoms with Crippen molar-refractivity contribution in [3.63, 3.8) is 0 Å². The molecule has 1 aromatic carbocycles. The van der Waals surface area contributed by atoms with Crippen LogP contribution in [0.1, 0.15) is 18.9 Å². The van der Waals surface area contributed by atoms with Crippen LogP contribution >= 0.6 is 23.2 Å². The number of benzene rings is 1. The summed E-state index contributed by atoms with van der Waals surface area (Å²) in [5, 5.41) is 18.6. The summed E-state index contributed by atoms with van der Waals surface area (Å²) in [5.74, 6) is -0.350. The zero-order chi connectivity index (χ0) is 24.1. The van der Waals surface area contributed by atoms with Gasteiger partial charge in [-0.3, -0.25) is 0 Å². The first-order valence-electron chi connectivity index (χ1n) is 10.6. The van der Waals surface area contributed by atoms with Crippen LogP contribution in [0.5, 0.6) is 5.75 Å². The molecule has 178 valence electrons. The molecule has 3 N–H and O–H groups in total. The Morgan fingerprint density at radius 1 is 1.26 bits per heavy atom. The maximum Gasteiger partial charge on any atom is 0.245 e. The fourth-order valence-electron chi connectivity index (χ4n) is 3.44. The summed E-state index contributed by atoms with van der Waals surface area (Å²) >= 11 is 12.5. The first kappa shape index (κ1) is 24.0. The Kier molecular flexibility index (Phi) is 7.66. The summed E-state index contributed by atoms with van der Waals surface area (Å²) in [6.07, 6.45) is 8.70. The van der Waals surface area contributed by atoms with Gasteiger partial charge in [-0.25, -0.2) is 14.8 Å². The molecule has 0 amide bonds. The minimum Gasteiger partial charge on any atom is -0.506 e. The van der Waals surface area contributed by atoms with Gasteiger partial charge in [0.1, 0.15) is 5.75 Å². The molecular formula is C23H23Cl2FN6O2. The van der Waals surface area contributed by atoms with Crippen molar-refractivity contribution in [2.24, 2.45) is 5.10 Å². The second kappa shape index (κ2) is 10.9. The van der Waals surface area contributed by atoms with Crippen molar-refractivity contribution in [2.45, 2.75) is 13.3 Å². The number of hydrogen-bond donors (Lipinski definition) is 3. The predicted octanol–water partition coefficient (Wildman–Crippen LogP) is 5.03. The number of ether oxygens (including phenoxy) is 1. The highest BCUT2D eigenvalue weighted by molar-refractivity contribution is 6.32. The minimum absolute atomic E-state index is 0.117. The molecule has 0 bridgehead atoms. The van der Waals surface area contributed by atoms with Crippen molar-refractivity contribution >= 4 is 46.9 Å². The Morgan fingerprint density at radius 2 is 2.06 bits per heavy atom. The van der Waals surface area contributed by atoms with E-state index in [1.54, 1.807) is 17.0 Å². The summed E-state index contributed by atoms with van der Waals surface area (Å²) in [7, 11) is 0. The van der Waals surface area contributed by atoms with Gasteiger partial charge in [0.25, 0.3) is 0 Å². The average Bonchev–Trinajstić information content (AvgIpc) is 2.98. The molecule has 1 aliphatic carbocycles. The number of aromatic hydroxyl groups is 1. The number of morpholine rings is 1. The lowest BCUT2D eigenvalue weighted by atomic mass is 10.1. The van der Waals surface area contributed by atoms with Crippen molar-refractivity contribution in [2.75, 3.05) is 41.9 Å². The number of aromatic nitrogens is 2. The fraction of sp³-hybridized carbons (Fsp3) is 0.261. The second-order valence-corrected chi connectivity index (χ2v) is 8.56. The van der Waals surface area contributed by atoms with Gasteiger partial charge in [-0.15, -0.1) is 0 Å². The van der Waals surface area contributed by atoms with Gasteiger partial charge in [0.15, 0.2) is 11.6 Å². The van der Waals surface area contributed by atoms with E-state index in [9.17, 15) is 9.50 Å². The van der Waals surface area contributed by atoms with Crippen molar-refractivity contribution < 1.29 is 14.2 Å². The Bertz CT molecular complexity index is 1190. The maximum absolute atomic E-state index is 14.2. The van der Waals surface area contributed by atoms with E-state index in [0.717, 1.165) is 17.5 Å². The molecule has 2 heterocycles. The lowest BCUT2D eigenvalue weighted by Gasteiger charge is -2.27. The van der Waals surface area contributed by atoms with Gasteiger partial charge in [-0.2, -0.15) is 10.1 Å². The summed E-state index contributed by atoms with van der Waals surface area (Å²) in [5.41, 5.74) is 5.63. The number of nitrogens with zero attached hydrogens (tertiary/aromatic N) is 4. The molecule has 0 atom stereocenters. The zero-order valence-electron chi connectivity index (χ0n) is 18.4. The largest absolute Gasteiger partial charge is 0.506 e. The third-order valence-corrected chi connectivity index (χ3v) is 5.79. The van der Waals surface area contributed by atoms with Crippen LogP contribution in [0.15, 0.2) is 58.0 Å². The Balaban J connectivity index is 1.51. The van der Waals surface area contributed by atoms with Crippen molar-refractivity contribution in [3.8, 4) is 5.75 Å². The molecule has 11 heteroatoms. The number of anilines is 3. The van der Waals surface area contributed by atoms with Gasteiger partial charge < -0.3 is 20.1 Å². The Morgan fingerprint density at radius 3 is 2.85 bits per heavy atom. The van der Waals surface area contributed by atoms with Crippen LogP contribution in [0.4, 0.5) is 21.8 Å². The predicted molar refractivity (Wildman–Crippen MR) is 133 cm³/mol. The van der Waals surface area contributed by atoms with E-state index >= 15 is 0 Å². The van der Waals surface area contributed by atoms with E-state index in [-0.39, 0.29) is 22.5 Å². The molecule has 2 aromatic rings. The molecule has 8 nitrogen and oxygen atoms in total. The monoisotopic (exact) mass is 504 g/mol. The molecule has 1 fully saturated rings. The highest BCUT2D eigenvalue weighted by Crippen LogP contribution is 2.32. The number of nitrogens with one attached hydrogen (secondary N) is 2. The highest BCUT2D eigenvalue weighted by Gasteiger charge is 2.18. The van der Waals surface area contributed by atoms with E-state index in [0.29, 0.717) is 49.0 Å². The Labute approximate surface area is 206 Å². The van der Waals surface area contributed by atoms with Gasteiger partial charge in [0.05, 0.1) is 30.6 Å². The molecule has 1 aromatic heterocycles. The minimum atomic E-state index is -0.521. The number of allylic oxidation sites excluding steroid dienone is 5. The SMILES string of the molecule is CC1=C(Nc2cc(Cl)c(O)c(/C=N\Nc3ncc(F)c(N4CCOCC4)n3)c2)CC(Cl)=CC=C1. The van der Waals surface area contributed by atoms with Crippen LogP contribution in [0.3, 0.4) is 0 Å². The molecule has 0 saturated carbocycles. The third-order valence-electron chi connectivity index (χ3n) is 5.24. The first-order chi connectivity index (χ1) is 16.4. The zero-order valence-corrected chi connectivity index (χ0v) is 19.9. The van der Waals surface area contributed by atoms with Gasteiger partial charge in [-0.05, 0) is 30.7 Å². The van der Waals surface area contributed by atoms with E-state index in [2.05, 4.69) is 25.8 Å². The third kappa shape index (κ3) is 5.85. The Hall–Kier alpha value is -3.14. The lowest BCUT2D eigenvalue weighted by Crippen LogP contribution is -2.37. The molecule has 0 spiro atoms. The van der Waals surface area contributed by atoms with Crippen molar-refractivity contribution in [3.05, 3.63) is 69.3 Å². The molecule has 1 aliphatic heterocycles. The van der Waals surface area contributed by atoms with Gasteiger partial charge in [-0.1, -0.05) is 35.4 Å². The molecule has 0 unspecified atom stereocenters. The molecule has 4 rings (SSSR count). The molecule has 0 radical (unpaired) electrons. The van der Waals surface area contributed by atoms with E-state index in [1.165, 1.54) is 6.21 Å². The average molecular weight is 505 g/mol.